The van der Waals surface area contributed by atoms with Gasteiger partial charge in [0.2, 0.25) is 16.0 Å². The van der Waals surface area contributed by atoms with Crippen LogP contribution in [0.4, 0.5) is 5.13 Å². The van der Waals surface area contributed by atoms with E-state index in [1.165, 1.54) is 41.6 Å². The number of fused-ring (bicyclic) bond motifs is 2. The number of benzene rings is 1. The van der Waals surface area contributed by atoms with Crippen LogP contribution in [-0.4, -0.2) is 25.7 Å². The number of anilines is 1. The summed E-state index contributed by atoms with van der Waals surface area (Å²) in [6.45, 7) is 0. The molecular weight excluding hydrogens is 298 g/mol. The molecule has 2 aromatic heterocycles. The molecule has 0 atom stereocenters. The van der Waals surface area contributed by atoms with E-state index in [2.05, 4.69) is 38.8 Å². The molecule has 1 amide bonds. The molecule has 0 aliphatic heterocycles. The first kappa shape index (κ1) is 13.4. The molecule has 22 heavy (non-hydrogen) atoms. The Morgan fingerprint density at radius 3 is 3.00 bits per heavy atom. The van der Waals surface area contributed by atoms with Gasteiger partial charge in [0, 0.05) is 0 Å². The molecule has 112 valence electrons. The molecule has 0 saturated heterocycles. The summed E-state index contributed by atoms with van der Waals surface area (Å²) in [7, 11) is 0. The minimum atomic E-state index is -0.0549. The highest BCUT2D eigenvalue weighted by molar-refractivity contribution is 7.20. The predicted molar refractivity (Wildman–Crippen MR) is 84.1 cm³/mol. The van der Waals surface area contributed by atoms with Crippen molar-refractivity contribution >= 4 is 27.3 Å². The van der Waals surface area contributed by atoms with Crippen LogP contribution in [0.25, 0.3) is 4.96 Å². The second kappa shape index (κ2) is 5.49. The second-order valence-corrected chi connectivity index (χ2v) is 6.46. The van der Waals surface area contributed by atoms with E-state index in [0.717, 1.165) is 18.4 Å². The van der Waals surface area contributed by atoms with Gasteiger partial charge in [-0.3, -0.25) is 4.79 Å². The van der Waals surface area contributed by atoms with Crippen molar-refractivity contribution in [3.05, 3.63) is 41.2 Å². The Morgan fingerprint density at radius 1 is 1.27 bits per heavy atom. The molecule has 0 radical (unpaired) electrons. The fourth-order valence-corrected chi connectivity index (χ4v) is 3.59. The molecular formula is C15H15N5OS. The Kier molecular flexibility index (Phi) is 3.34. The highest BCUT2D eigenvalue weighted by Crippen LogP contribution is 2.23. The molecule has 6 nitrogen and oxygen atoms in total. The van der Waals surface area contributed by atoms with Crippen molar-refractivity contribution < 1.29 is 4.79 Å². The van der Waals surface area contributed by atoms with Crippen molar-refractivity contribution in [2.75, 3.05) is 5.32 Å². The number of rotatable bonds is 3. The molecule has 1 aliphatic rings. The van der Waals surface area contributed by atoms with Crippen molar-refractivity contribution in [3.8, 4) is 0 Å². The fourth-order valence-electron chi connectivity index (χ4n) is 2.86. The minimum absolute atomic E-state index is 0.0549. The van der Waals surface area contributed by atoms with E-state index in [1.807, 2.05) is 0 Å². The van der Waals surface area contributed by atoms with Gasteiger partial charge in [0.15, 0.2) is 0 Å². The minimum Gasteiger partial charge on any atom is -0.300 e. The smallest absolute Gasteiger partial charge is 0.236 e. The maximum absolute atomic E-state index is 12.2. The summed E-state index contributed by atoms with van der Waals surface area (Å²) < 4.78 is 1.55. The van der Waals surface area contributed by atoms with Gasteiger partial charge < -0.3 is 5.32 Å². The van der Waals surface area contributed by atoms with Crippen LogP contribution in [0.5, 0.6) is 0 Å². The first-order valence-electron chi connectivity index (χ1n) is 7.35. The summed E-state index contributed by atoms with van der Waals surface area (Å²) in [5, 5.41) is 15.2. The number of aryl methyl sites for hydroxylation is 2. The topological polar surface area (TPSA) is 72.2 Å². The maximum Gasteiger partial charge on any atom is 0.236 e. The second-order valence-electron chi connectivity index (χ2n) is 5.50. The highest BCUT2D eigenvalue weighted by atomic mass is 32.1. The Bertz CT molecular complexity index is 809. The zero-order valence-corrected chi connectivity index (χ0v) is 12.8. The van der Waals surface area contributed by atoms with Crippen LogP contribution in [0.1, 0.15) is 29.5 Å². The van der Waals surface area contributed by atoms with Crippen LogP contribution in [0, 0.1) is 0 Å². The number of nitrogens with one attached hydrogen (secondary N) is 1. The van der Waals surface area contributed by atoms with Gasteiger partial charge in [0.25, 0.3) is 0 Å². The van der Waals surface area contributed by atoms with Gasteiger partial charge in [-0.1, -0.05) is 29.5 Å². The summed E-state index contributed by atoms with van der Waals surface area (Å²) in [4.78, 5) is 12.8. The summed E-state index contributed by atoms with van der Waals surface area (Å²) in [6, 6.07) is 6.40. The quantitative estimate of drug-likeness (QED) is 0.805. The molecule has 0 bridgehead atoms. The molecule has 0 fully saturated rings. The first-order chi connectivity index (χ1) is 10.8. The van der Waals surface area contributed by atoms with Crippen molar-refractivity contribution in [3.63, 3.8) is 0 Å². The third-order valence-corrected chi connectivity index (χ3v) is 4.74. The Morgan fingerprint density at radius 2 is 2.14 bits per heavy atom. The molecule has 1 aromatic carbocycles. The van der Waals surface area contributed by atoms with Crippen molar-refractivity contribution in [2.45, 2.75) is 32.1 Å². The normalized spacial score (nSPS) is 14.0. The van der Waals surface area contributed by atoms with Crippen LogP contribution < -0.4 is 5.32 Å². The molecule has 2 heterocycles. The Labute approximate surface area is 131 Å². The van der Waals surface area contributed by atoms with E-state index in [9.17, 15) is 4.79 Å². The monoisotopic (exact) mass is 313 g/mol. The SMILES string of the molecule is O=C(Cc1ccc2c(c1)CCCC2)Nc1nn2cnnc2s1. The average Bonchev–Trinajstić information content (AvgIpc) is 3.08. The van der Waals surface area contributed by atoms with E-state index in [-0.39, 0.29) is 5.91 Å². The Hall–Kier alpha value is -2.28. The van der Waals surface area contributed by atoms with Crippen LogP contribution >= 0.6 is 11.3 Å². The molecule has 7 heteroatoms. The van der Waals surface area contributed by atoms with E-state index >= 15 is 0 Å². The highest BCUT2D eigenvalue weighted by Gasteiger charge is 2.13. The van der Waals surface area contributed by atoms with E-state index in [0.29, 0.717) is 16.5 Å². The molecule has 1 N–H and O–H groups in total. The van der Waals surface area contributed by atoms with E-state index in [1.54, 1.807) is 4.52 Å². The number of nitrogens with zero attached hydrogens (tertiary/aromatic N) is 4. The van der Waals surface area contributed by atoms with Crippen LogP contribution in [0.2, 0.25) is 0 Å². The first-order valence-corrected chi connectivity index (χ1v) is 8.17. The number of carbonyl (C=O) groups excluding carboxylic acids is 1. The zero-order chi connectivity index (χ0) is 14.9. The largest absolute Gasteiger partial charge is 0.300 e. The summed E-state index contributed by atoms with van der Waals surface area (Å²) in [5.41, 5.74) is 3.89. The predicted octanol–water partition coefficient (Wildman–Crippen LogP) is 2.25. The van der Waals surface area contributed by atoms with Gasteiger partial charge in [-0.15, -0.1) is 15.3 Å². The fraction of sp³-hybridized carbons (Fsp3) is 0.333. The van der Waals surface area contributed by atoms with Gasteiger partial charge in [0.05, 0.1) is 6.42 Å². The standard InChI is InChI=1S/C15H15N5OS/c21-13(17-14-19-20-9-16-18-15(20)22-14)8-10-5-6-11-3-1-2-4-12(11)7-10/h5-7,9H,1-4,8H2,(H,17,19,21). The number of aromatic nitrogens is 4. The van der Waals surface area contributed by atoms with Gasteiger partial charge in [0.1, 0.15) is 6.33 Å². The summed E-state index contributed by atoms with van der Waals surface area (Å²) in [6.07, 6.45) is 6.69. The molecule has 0 unspecified atom stereocenters. The van der Waals surface area contributed by atoms with Gasteiger partial charge in [-0.2, -0.15) is 4.52 Å². The number of hydrogen-bond donors (Lipinski definition) is 1. The zero-order valence-electron chi connectivity index (χ0n) is 12.0. The Balaban J connectivity index is 1.46. The third-order valence-electron chi connectivity index (χ3n) is 3.91. The molecule has 0 spiro atoms. The lowest BCUT2D eigenvalue weighted by Gasteiger charge is -2.16. The maximum atomic E-state index is 12.2. The van der Waals surface area contributed by atoms with Crippen molar-refractivity contribution in [2.24, 2.45) is 0 Å². The lowest BCUT2D eigenvalue weighted by atomic mass is 9.90. The van der Waals surface area contributed by atoms with Crippen molar-refractivity contribution in [1.82, 2.24) is 19.8 Å². The molecule has 3 aromatic rings. The van der Waals surface area contributed by atoms with Crippen molar-refractivity contribution in [1.29, 1.82) is 0 Å². The summed E-state index contributed by atoms with van der Waals surface area (Å²) >= 11 is 1.31. The molecule has 1 aliphatic carbocycles. The average molecular weight is 313 g/mol. The van der Waals surface area contributed by atoms with Crippen LogP contribution in [-0.2, 0) is 24.1 Å². The van der Waals surface area contributed by atoms with Gasteiger partial charge in [-0.05, 0) is 42.4 Å². The summed E-state index contributed by atoms with van der Waals surface area (Å²) in [5.74, 6) is -0.0549. The van der Waals surface area contributed by atoms with E-state index in [4.69, 9.17) is 0 Å². The van der Waals surface area contributed by atoms with Gasteiger partial charge >= 0.3 is 0 Å². The van der Waals surface area contributed by atoms with Gasteiger partial charge in [-0.25, -0.2) is 0 Å². The lowest BCUT2D eigenvalue weighted by Crippen LogP contribution is -2.15. The molecule has 4 rings (SSSR count). The number of carbonyl (C=O) groups is 1. The lowest BCUT2D eigenvalue weighted by molar-refractivity contribution is -0.115. The van der Waals surface area contributed by atoms with Crippen LogP contribution in [0.15, 0.2) is 24.5 Å². The number of amides is 1. The molecule has 0 saturated carbocycles. The van der Waals surface area contributed by atoms with E-state index < -0.39 is 0 Å². The third kappa shape index (κ3) is 2.59. The number of hydrogen-bond acceptors (Lipinski definition) is 5. The van der Waals surface area contributed by atoms with Crippen LogP contribution in [0.3, 0.4) is 0 Å².